The molecule has 0 radical (unpaired) electrons. The van der Waals surface area contributed by atoms with Crippen molar-refractivity contribution >= 4 is 28.6 Å². The summed E-state index contributed by atoms with van der Waals surface area (Å²) < 4.78 is 28.7. The smallest absolute Gasteiger partial charge is 0.248 e. The number of hydrogen-bond acceptors (Lipinski definition) is 3. The van der Waals surface area contributed by atoms with Gasteiger partial charge in [0, 0.05) is 24.5 Å². The van der Waals surface area contributed by atoms with Gasteiger partial charge in [0.2, 0.25) is 17.8 Å². The first kappa shape index (κ1) is 17.9. The number of alkyl halides is 2. The van der Waals surface area contributed by atoms with Crippen molar-refractivity contribution in [2.75, 3.05) is 5.32 Å². The minimum absolute atomic E-state index is 0.171. The Balaban J connectivity index is 1.71. The lowest BCUT2D eigenvalue weighted by molar-refractivity contribution is -0.120. The van der Waals surface area contributed by atoms with E-state index >= 15 is 0 Å². The van der Waals surface area contributed by atoms with E-state index in [1.807, 2.05) is 24.3 Å². The minimum Gasteiger partial charge on any atom is -0.386 e. The molecule has 142 valence electrons. The third kappa shape index (κ3) is 3.27. The molecule has 7 heteroatoms. The summed E-state index contributed by atoms with van der Waals surface area (Å²) in [6, 6.07) is 5.39. The van der Waals surface area contributed by atoms with Crippen molar-refractivity contribution in [1.82, 2.24) is 9.55 Å². The van der Waals surface area contributed by atoms with E-state index in [0.29, 0.717) is 17.0 Å². The number of carbonyl (C=O) groups excluding carboxylic acids is 1. The van der Waals surface area contributed by atoms with Gasteiger partial charge >= 0.3 is 0 Å². The third-order valence-corrected chi connectivity index (χ3v) is 5.16. The average Bonchev–Trinajstić information content (AvgIpc) is 3.05. The lowest BCUT2D eigenvalue weighted by Crippen LogP contribution is -2.24. The summed E-state index contributed by atoms with van der Waals surface area (Å²) in [6.45, 7) is 3.39. The third-order valence-electron chi connectivity index (χ3n) is 5.16. The second-order valence-corrected chi connectivity index (χ2v) is 7.77. The number of imidazole rings is 1. The minimum atomic E-state index is -2.77. The van der Waals surface area contributed by atoms with Gasteiger partial charge in [-0.3, -0.25) is 14.7 Å². The number of rotatable bonds is 4. The number of anilines is 1. The van der Waals surface area contributed by atoms with Crippen LogP contribution in [-0.4, -0.2) is 26.5 Å². The Morgan fingerprint density at radius 2 is 2.15 bits per heavy atom. The van der Waals surface area contributed by atoms with Crippen LogP contribution in [0.2, 0.25) is 0 Å². The predicted octanol–water partition coefficient (Wildman–Crippen LogP) is 4.05. The van der Waals surface area contributed by atoms with Crippen molar-refractivity contribution in [2.45, 2.75) is 44.6 Å². The normalized spacial score (nSPS) is 21.2. The molecule has 27 heavy (non-hydrogen) atoms. The van der Waals surface area contributed by atoms with E-state index in [1.165, 1.54) is 0 Å². The molecule has 1 aromatic carbocycles. The molecule has 1 heterocycles. The summed E-state index contributed by atoms with van der Waals surface area (Å²) in [6.07, 6.45) is 5.10. The first-order valence-corrected chi connectivity index (χ1v) is 8.97. The highest BCUT2D eigenvalue weighted by Crippen LogP contribution is 2.39. The van der Waals surface area contributed by atoms with Crippen LogP contribution in [-0.2, 0) is 10.4 Å². The number of benzene rings is 1. The topological polar surface area (TPSA) is 67.2 Å². The second kappa shape index (κ2) is 5.99. The Bertz CT molecular complexity index is 983. The summed E-state index contributed by atoms with van der Waals surface area (Å²) in [7, 11) is 0. The van der Waals surface area contributed by atoms with Crippen molar-refractivity contribution in [1.29, 1.82) is 0 Å². The van der Waals surface area contributed by atoms with Crippen LogP contribution in [0, 0.1) is 5.92 Å². The lowest BCUT2D eigenvalue weighted by Gasteiger charge is -2.19. The highest BCUT2D eigenvalue weighted by molar-refractivity contribution is 5.96. The largest absolute Gasteiger partial charge is 0.386 e. The summed E-state index contributed by atoms with van der Waals surface area (Å²) in [4.78, 5) is 17.0. The lowest BCUT2D eigenvalue weighted by atomic mass is 9.98. The van der Waals surface area contributed by atoms with Crippen LogP contribution in [0.15, 0.2) is 36.4 Å². The Hall–Kier alpha value is -2.54. The number of nitrogens with one attached hydrogen (secondary N) is 1. The number of carbonyl (C=O) groups is 1. The number of nitrogens with zero attached hydrogens (tertiary/aromatic N) is 2. The van der Waals surface area contributed by atoms with Crippen LogP contribution in [0.1, 0.15) is 38.7 Å². The number of amides is 1. The molecule has 1 saturated carbocycles. The van der Waals surface area contributed by atoms with Crippen molar-refractivity contribution < 1.29 is 18.7 Å². The molecule has 2 aliphatic carbocycles. The molecular weight excluding hydrogens is 352 g/mol. The number of hydrogen-bond donors (Lipinski definition) is 2. The van der Waals surface area contributed by atoms with Gasteiger partial charge in [-0.2, -0.15) is 0 Å². The van der Waals surface area contributed by atoms with Crippen LogP contribution in [0.5, 0.6) is 0 Å². The number of halogens is 2. The van der Waals surface area contributed by atoms with Gasteiger partial charge in [-0.1, -0.05) is 12.1 Å². The van der Waals surface area contributed by atoms with E-state index in [-0.39, 0.29) is 12.8 Å². The summed E-state index contributed by atoms with van der Waals surface area (Å²) >= 11 is 0. The second-order valence-electron chi connectivity index (χ2n) is 7.77. The molecule has 1 aromatic heterocycles. The van der Waals surface area contributed by atoms with E-state index in [1.54, 1.807) is 30.5 Å². The molecule has 0 aliphatic heterocycles. The number of allylic oxidation sites excluding steroid dienone is 4. The Morgan fingerprint density at radius 3 is 2.70 bits per heavy atom. The number of aromatic nitrogens is 2. The number of fused-ring (bicyclic) bond motifs is 1. The molecule has 1 fully saturated rings. The maximum absolute atomic E-state index is 13.4. The zero-order valence-corrected chi connectivity index (χ0v) is 15.2. The van der Waals surface area contributed by atoms with Crippen LogP contribution in [0.25, 0.3) is 16.7 Å². The fraction of sp³-hybridized carbons (Fsp3) is 0.400. The van der Waals surface area contributed by atoms with Crippen LogP contribution >= 0.6 is 0 Å². The average molecular weight is 373 g/mol. The monoisotopic (exact) mass is 373 g/mol. The van der Waals surface area contributed by atoms with Crippen molar-refractivity contribution in [3.05, 3.63) is 42.0 Å². The molecule has 1 unspecified atom stereocenters. The van der Waals surface area contributed by atoms with Gasteiger partial charge in [0.15, 0.2) is 0 Å². The van der Waals surface area contributed by atoms with Gasteiger partial charge in [0.25, 0.3) is 0 Å². The summed E-state index contributed by atoms with van der Waals surface area (Å²) in [5, 5.41) is 13.0. The van der Waals surface area contributed by atoms with Gasteiger partial charge in [0.1, 0.15) is 0 Å². The number of aliphatic hydroxyl groups is 1. The van der Waals surface area contributed by atoms with Gasteiger partial charge in [0.05, 0.1) is 16.6 Å². The van der Waals surface area contributed by atoms with E-state index in [4.69, 9.17) is 0 Å². The van der Waals surface area contributed by atoms with Gasteiger partial charge in [-0.25, -0.2) is 13.8 Å². The molecule has 2 aromatic rings. The van der Waals surface area contributed by atoms with Gasteiger partial charge < -0.3 is 5.11 Å². The molecule has 4 rings (SSSR count). The Labute approximate surface area is 155 Å². The van der Waals surface area contributed by atoms with Crippen LogP contribution < -0.4 is 5.32 Å². The van der Waals surface area contributed by atoms with E-state index < -0.39 is 29.8 Å². The molecule has 0 saturated heterocycles. The molecule has 5 nitrogen and oxygen atoms in total. The van der Waals surface area contributed by atoms with Crippen molar-refractivity contribution in [3.63, 3.8) is 0 Å². The van der Waals surface area contributed by atoms with E-state index in [9.17, 15) is 18.7 Å². The zero-order chi connectivity index (χ0) is 19.4. The highest BCUT2D eigenvalue weighted by atomic mass is 19.3. The first-order chi connectivity index (χ1) is 12.6. The quantitative estimate of drug-likeness (QED) is 0.850. The highest BCUT2D eigenvalue weighted by Gasteiger charge is 2.42. The van der Waals surface area contributed by atoms with E-state index in [0.717, 1.165) is 11.2 Å². The Morgan fingerprint density at radius 1 is 1.41 bits per heavy atom. The summed E-state index contributed by atoms with van der Waals surface area (Å²) in [5.41, 5.74) is 1.91. The molecule has 1 atom stereocenters. The standard InChI is InChI=1S/C20H21F2N3O2/c1-19(2,27)13-6-7-15-16(10-13)25(14-4-3-5-14)18(23-15)24-17(26)12-8-9-20(21,22)11-12/h3-7,10,12,27H,8-9,11H2,1-2H3,(H,23,24,26). The fourth-order valence-electron chi connectivity index (χ4n) is 3.52. The summed E-state index contributed by atoms with van der Waals surface area (Å²) in [5.74, 6) is -3.63. The first-order valence-electron chi connectivity index (χ1n) is 8.97. The van der Waals surface area contributed by atoms with Gasteiger partial charge in [-0.05, 0) is 50.1 Å². The zero-order valence-electron chi connectivity index (χ0n) is 15.2. The van der Waals surface area contributed by atoms with Crippen molar-refractivity contribution in [3.8, 4) is 0 Å². The predicted molar refractivity (Wildman–Crippen MR) is 99.3 cm³/mol. The van der Waals surface area contributed by atoms with Gasteiger partial charge in [-0.15, -0.1) is 0 Å². The maximum Gasteiger partial charge on any atom is 0.248 e. The van der Waals surface area contributed by atoms with Crippen LogP contribution in [0.3, 0.4) is 0 Å². The fourth-order valence-corrected chi connectivity index (χ4v) is 3.52. The van der Waals surface area contributed by atoms with Crippen molar-refractivity contribution in [2.24, 2.45) is 5.92 Å². The molecule has 2 N–H and O–H groups in total. The Kier molecular flexibility index (Phi) is 3.96. The maximum atomic E-state index is 13.4. The molecule has 1 amide bonds. The van der Waals surface area contributed by atoms with E-state index in [2.05, 4.69) is 10.3 Å². The SMILES string of the molecule is CC(C)(O)c1ccc2nc(NC(=O)C3CCC(F)(F)C3)n(C3=CC=C3)c2c1. The molecule has 0 spiro atoms. The molecule has 2 aliphatic rings. The molecule has 0 bridgehead atoms. The molecular formula is C20H21F2N3O2. The van der Waals surface area contributed by atoms with Crippen LogP contribution in [0.4, 0.5) is 14.7 Å².